The fraction of sp³-hybridized carbons (Fsp3) is 0.409. The minimum absolute atomic E-state index is 0.103. The molecule has 2 aromatic heterocycles. The highest BCUT2D eigenvalue weighted by Gasteiger charge is 2.18. The summed E-state index contributed by atoms with van der Waals surface area (Å²) in [5.41, 5.74) is 2.13. The summed E-state index contributed by atoms with van der Waals surface area (Å²) >= 11 is 7.87. The minimum atomic E-state index is 0.103. The number of nitrogens with zero attached hydrogens (tertiary/aromatic N) is 1. The van der Waals surface area contributed by atoms with Crippen molar-refractivity contribution in [3.8, 4) is 10.6 Å². The van der Waals surface area contributed by atoms with E-state index in [0.29, 0.717) is 12.6 Å². The molecule has 1 aliphatic rings. The molecule has 142 valence electrons. The van der Waals surface area contributed by atoms with Crippen molar-refractivity contribution in [2.75, 3.05) is 0 Å². The van der Waals surface area contributed by atoms with E-state index in [4.69, 9.17) is 11.6 Å². The van der Waals surface area contributed by atoms with Gasteiger partial charge in [-0.1, -0.05) is 49.8 Å². The van der Waals surface area contributed by atoms with E-state index in [1.54, 1.807) is 11.3 Å². The zero-order chi connectivity index (χ0) is 18.6. The molecule has 3 nitrogen and oxygen atoms in total. The summed E-state index contributed by atoms with van der Waals surface area (Å²) in [7, 11) is 0. The van der Waals surface area contributed by atoms with E-state index < -0.39 is 0 Å². The van der Waals surface area contributed by atoms with Gasteiger partial charge in [0.15, 0.2) is 0 Å². The number of nitrogens with one attached hydrogen (secondary N) is 1. The molecule has 1 amide bonds. The second-order valence-corrected chi connectivity index (χ2v) is 8.79. The maximum atomic E-state index is 12.9. The topological polar surface area (TPSA) is 34.0 Å². The average molecular weight is 401 g/mol. The molecule has 1 saturated carbocycles. The predicted molar refractivity (Wildman–Crippen MR) is 115 cm³/mol. The van der Waals surface area contributed by atoms with Crippen molar-refractivity contribution in [3.05, 3.63) is 46.8 Å². The fourth-order valence-corrected chi connectivity index (χ4v) is 4.99. The molecule has 0 atom stereocenters. The summed E-state index contributed by atoms with van der Waals surface area (Å²) in [6.45, 7) is 0.342. The Kier molecular flexibility index (Phi) is 5.84. The molecule has 0 unspecified atom stereocenters. The number of fused-ring (bicyclic) bond motifs is 1. The standard InChI is InChI=1S/C22H25ClN2OS/c23-17-10-11-19-16(13-17)14-20(21-9-6-12-27-21)25(19)15-22(26)24-18-7-4-2-1-3-5-8-18/h6,9-14,18H,1-5,7-8,15H2,(H,24,26). The van der Waals surface area contributed by atoms with Crippen molar-refractivity contribution < 1.29 is 4.79 Å². The van der Waals surface area contributed by atoms with Crippen LogP contribution in [0.3, 0.4) is 0 Å². The third-order valence-electron chi connectivity index (χ3n) is 5.41. The highest BCUT2D eigenvalue weighted by atomic mass is 35.5. The third kappa shape index (κ3) is 4.39. The molecule has 5 heteroatoms. The summed E-state index contributed by atoms with van der Waals surface area (Å²) in [4.78, 5) is 14.0. The number of benzene rings is 1. The predicted octanol–water partition coefficient (Wildman–Crippen LogP) is 6.25. The van der Waals surface area contributed by atoms with Crippen LogP contribution in [0.25, 0.3) is 21.5 Å². The maximum Gasteiger partial charge on any atom is 0.240 e. The normalized spacial score (nSPS) is 16.2. The van der Waals surface area contributed by atoms with Gasteiger partial charge in [-0.3, -0.25) is 4.79 Å². The van der Waals surface area contributed by atoms with Crippen molar-refractivity contribution in [2.24, 2.45) is 0 Å². The monoisotopic (exact) mass is 400 g/mol. The lowest BCUT2D eigenvalue weighted by atomic mass is 9.97. The smallest absolute Gasteiger partial charge is 0.240 e. The first-order valence-electron chi connectivity index (χ1n) is 9.83. The molecule has 1 aliphatic carbocycles. The molecule has 27 heavy (non-hydrogen) atoms. The molecule has 0 spiro atoms. The molecule has 3 aromatic rings. The number of halogens is 1. The van der Waals surface area contributed by atoms with E-state index in [0.717, 1.165) is 34.5 Å². The van der Waals surface area contributed by atoms with Gasteiger partial charge < -0.3 is 9.88 Å². The van der Waals surface area contributed by atoms with Crippen LogP contribution in [0.5, 0.6) is 0 Å². The van der Waals surface area contributed by atoms with E-state index in [1.165, 1.54) is 37.0 Å². The van der Waals surface area contributed by atoms with Crippen LogP contribution in [0, 0.1) is 0 Å². The van der Waals surface area contributed by atoms with Crippen molar-refractivity contribution in [1.29, 1.82) is 0 Å². The lowest BCUT2D eigenvalue weighted by Gasteiger charge is -2.21. The molecule has 0 radical (unpaired) electrons. The SMILES string of the molecule is O=C(Cn1c(-c2cccs2)cc2cc(Cl)ccc21)NC1CCCCCCC1. The first-order chi connectivity index (χ1) is 13.2. The Hall–Kier alpha value is -1.78. The Morgan fingerprint density at radius 1 is 1.11 bits per heavy atom. The van der Waals surface area contributed by atoms with Crippen LogP contribution in [0.4, 0.5) is 0 Å². The number of rotatable bonds is 4. The van der Waals surface area contributed by atoms with Crippen LogP contribution in [0.1, 0.15) is 44.9 Å². The highest BCUT2D eigenvalue weighted by Crippen LogP contribution is 2.32. The largest absolute Gasteiger partial charge is 0.352 e. The molecule has 1 aromatic carbocycles. The van der Waals surface area contributed by atoms with Crippen molar-refractivity contribution in [2.45, 2.75) is 57.5 Å². The van der Waals surface area contributed by atoms with Crippen LogP contribution < -0.4 is 5.32 Å². The van der Waals surface area contributed by atoms with Gasteiger partial charge in [0.2, 0.25) is 5.91 Å². The quantitative estimate of drug-likeness (QED) is 0.551. The van der Waals surface area contributed by atoms with Crippen LogP contribution in [0.15, 0.2) is 41.8 Å². The first-order valence-corrected chi connectivity index (χ1v) is 11.1. The number of hydrogen-bond donors (Lipinski definition) is 1. The summed E-state index contributed by atoms with van der Waals surface area (Å²) in [5.74, 6) is 0.103. The average Bonchev–Trinajstić information content (AvgIpc) is 3.25. The summed E-state index contributed by atoms with van der Waals surface area (Å²) in [6, 6.07) is 12.5. The van der Waals surface area contributed by atoms with Gasteiger partial charge in [-0.2, -0.15) is 0 Å². The Balaban J connectivity index is 1.58. The minimum Gasteiger partial charge on any atom is -0.352 e. The molecule has 0 bridgehead atoms. The molecule has 0 saturated heterocycles. The van der Waals surface area contributed by atoms with E-state index >= 15 is 0 Å². The van der Waals surface area contributed by atoms with Gasteiger partial charge in [0, 0.05) is 22.0 Å². The van der Waals surface area contributed by atoms with Gasteiger partial charge in [0.05, 0.1) is 10.6 Å². The van der Waals surface area contributed by atoms with E-state index in [-0.39, 0.29) is 5.91 Å². The Morgan fingerprint density at radius 3 is 2.63 bits per heavy atom. The Labute approximate surface area is 169 Å². The number of aromatic nitrogens is 1. The molecule has 4 rings (SSSR count). The zero-order valence-electron chi connectivity index (χ0n) is 15.4. The number of thiophene rings is 1. The van der Waals surface area contributed by atoms with Gasteiger partial charge in [-0.15, -0.1) is 11.3 Å². The molecule has 2 heterocycles. The summed E-state index contributed by atoms with van der Waals surface area (Å²) in [5, 5.41) is 7.15. The Morgan fingerprint density at radius 2 is 1.89 bits per heavy atom. The number of hydrogen-bond acceptors (Lipinski definition) is 2. The van der Waals surface area contributed by atoms with Crippen LogP contribution in [0.2, 0.25) is 5.02 Å². The van der Waals surface area contributed by atoms with Crippen molar-refractivity contribution >= 4 is 39.7 Å². The summed E-state index contributed by atoms with van der Waals surface area (Å²) < 4.78 is 2.12. The van der Waals surface area contributed by atoms with Crippen LogP contribution in [-0.4, -0.2) is 16.5 Å². The fourth-order valence-electron chi connectivity index (χ4n) is 4.06. The maximum absolute atomic E-state index is 12.9. The molecule has 1 fully saturated rings. The second kappa shape index (κ2) is 8.49. The molecular formula is C22H25ClN2OS. The molecule has 1 N–H and O–H groups in total. The van der Waals surface area contributed by atoms with Gasteiger partial charge in [0.1, 0.15) is 6.54 Å². The lowest BCUT2D eigenvalue weighted by Crippen LogP contribution is -2.37. The van der Waals surface area contributed by atoms with Crippen LogP contribution in [-0.2, 0) is 11.3 Å². The summed E-state index contributed by atoms with van der Waals surface area (Å²) in [6.07, 6.45) is 8.56. The van der Waals surface area contributed by atoms with E-state index in [2.05, 4.69) is 27.4 Å². The number of carbonyl (C=O) groups excluding carboxylic acids is 1. The zero-order valence-corrected chi connectivity index (χ0v) is 17.0. The van der Waals surface area contributed by atoms with Gasteiger partial charge in [0.25, 0.3) is 0 Å². The van der Waals surface area contributed by atoms with Crippen molar-refractivity contribution in [1.82, 2.24) is 9.88 Å². The molecular weight excluding hydrogens is 376 g/mol. The first kappa shape index (κ1) is 18.6. The lowest BCUT2D eigenvalue weighted by molar-refractivity contribution is -0.122. The van der Waals surface area contributed by atoms with Crippen LogP contribution >= 0.6 is 22.9 Å². The Bertz CT molecular complexity index is 908. The van der Waals surface area contributed by atoms with Gasteiger partial charge >= 0.3 is 0 Å². The highest BCUT2D eigenvalue weighted by molar-refractivity contribution is 7.13. The van der Waals surface area contributed by atoms with Gasteiger partial charge in [-0.05, 0) is 48.6 Å². The van der Waals surface area contributed by atoms with E-state index in [1.807, 2.05) is 24.3 Å². The second-order valence-electron chi connectivity index (χ2n) is 7.41. The number of carbonyl (C=O) groups is 1. The van der Waals surface area contributed by atoms with Crippen molar-refractivity contribution in [3.63, 3.8) is 0 Å². The number of amides is 1. The van der Waals surface area contributed by atoms with E-state index in [9.17, 15) is 4.79 Å². The molecule has 0 aliphatic heterocycles. The van der Waals surface area contributed by atoms with Gasteiger partial charge in [-0.25, -0.2) is 0 Å². The third-order valence-corrected chi connectivity index (χ3v) is 6.54.